The minimum atomic E-state index is -0.268. The smallest absolute Gasteiger partial charge is 0.168 e. The molecule has 3 aliphatic rings. The highest BCUT2D eigenvalue weighted by molar-refractivity contribution is 5.55. The Bertz CT molecular complexity index is 459. The van der Waals surface area contributed by atoms with Crippen molar-refractivity contribution in [3.8, 4) is 0 Å². The van der Waals surface area contributed by atoms with Gasteiger partial charge in [0, 0.05) is 36.6 Å². The Labute approximate surface area is 107 Å². The van der Waals surface area contributed by atoms with Crippen LogP contribution in [0.4, 0.5) is 5.82 Å². The summed E-state index contributed by atoms with van der Waals surface area (Å²) in [5.41, 5.74) is 1.64. The zero-order chi connectivity index (χ0) is 12.1. The first kappa shape index (κ1) is 10.8. The summed E-state index contributed by atoms with van der Waals surface area (Å²) in [6, 6.07) is 4.26. The van der Waals surface area contributed by atoms with Gasteiger partial charge < -0.3 is 14.8 Å². The summed E-state index contributed by atoms with van der Waals surface area (Å²) in [7, 11) is 0. The molecule has 0 radical (unpaired) electrons. The number of pyridine rings is 1. The summed E-state index contributed by atoms with van der Waals surface area (Å²) >= 11 is 0. The molecule has 1 N–H and O–H groups in total. The van der Waals surface area contributed by atoms with Crippen LogP contribution in [-0.4, -0.2) is 30.5 Å². The number of aromatic nitrogens is 1. The Hall–Kier alpha value is -1.13. The van der Waals surface area contributed by atoms with E-state index in [1.165, 1.54) is 5.56 Å². The first-order valence-corrected chi connectivity index (χ1v) is 6.79. The van der Waals surface area contributed by atoms with Gasteiger partial charge in [-0.25, -0.2) is 4.98 Å². The molecule has 1 saturated heterocycles. The van der Waals surface area contributed by atoms with E-state index < -0.39 is 0 Å². The van der Waals surface area contributed by atoms with Crippen LogP contribution in [0.5, 0.6) is 0 Å². The van der Waals surface area contributed by atoms with Crippen molar-refractivity contribution in [2.24, 2.45) is 0 Å². The summed E-state index contributed by atoms with van der Waals surface area (Å²) in [4.78, 5) is 4.42. The largest absolute Gasteiger partial charge is 0.369 e. The van der Waals surface area contributed by atoms with E-state index in [4.69, 9.17) is 9.47 Å². The molecule has 2 fully saturated rings. The number of hydrogen-bond acceptors (Lipinski definition) is 4. The highest BCUT2D eigenvalue weighted by Gasteiger charge is 2.49. The molecule has 1 saturated carbocycles. The number of anilines is 1. The van der Waals surface area contributed by atoms with Gasteiger partial charge in [-0.05, 0) is 18.9 Å². The van der Waals surface area contributed by atoms with E-state index in [0.717, 1.165) is 51.3 Å². The van der Waals surface area contributed by atoms with Crippen molar-refractivity contribution in [1.29, 1.82) is 0 Å². The molecule has 3 heterocycles. The van der Waals surface area contributed by atoms with E-state index in [-0.39, 0.29) is 11.2 Å². The molecule has 0 aromatic carbocycles. The van der Waals surface area contributed by atoms with Crippen molar-refractivity contribution < 1.29 is 9.47 Å². The monoisotopic (exact) mass is 246 g/mol. The molecular weight excluding hydrogens is 228 g/mol. The molecule has 1 aromatic heterocycles. The van der Waals surface area contributed by atoms with Crippen LogP contribution >= 0.6 is 0 Å². The lowest BCUT2D eigenvalue weighted by Crippen LogP contribution is -2.43. The van der Waals surface area contributed by atoms with E-state index >= 15 is 0 Å². The summed E-state index contributed by atoms with van der Waals surface area (Å²) in [6.07, 6.45) is 6.11. The molecule has 0 amide bonds. The summed E-state index contributed by atoms with van der Waals surface area (Å²) < 4.78 is 11.6. The average molecular weight is 246 g/mol. The molecule has 4 nitrogen and oxygen atoms in total. The highest BCUT2D eigenvalue weighted by Crippen LogP contribution is 2.50. The van der Waals surface area contributed by atoms with Gasteiger partial charge in [-0.3, -0.25) is 0 Å². The van der Waals surface area contributed by atoms with Gasteiger partial charge in [0.2, 0.25) is 0 Å². The summed E-state index contributed by atoms with van der Waals surface area (Å²) in [5.74, 6) is 0.803. The van der Waals surface area contributed by atoms with Crippen LogP contribution < -0.4 is 5.32 Å². The number of ether oxygens (including phenoxy) is 2. The predicted molar refractivity (Wildman–Crippen MR) is 67.5 cm³/mol. The minimum Gasteiger partial charge on any atom is -0.369 e. The molecule has 0 atom stereocenters. The first-order valence-electron chi connectivity index (χ1n) is 6.79. The van der Waals surface area contributed by atoms with Gasteiger partial charge in [-0.2, -0.15) is 0 Å². The maximum atomic E-state index is 5.81. The maximum absolute atomic E-state index is 5.81. The fourth-order valence-electron chi connectivity index (χ4n) is 3.66. The third-order valence-corrected chi connectivity index (χ3v) is 4.76. The van der Waals surface area contributed by atoms with E-state index in [1.54, 1.807) is 0 Å². The summed E-state index contributed by atoms with van der Waals surface area (Å²) in [5, 5.41) is 3.45. The second-order valence-electron chi connectivity index (χ2n) is 5.64. The standard InChI is InChI=1S/C14H18N2O2/c1-2-11-12(15-7-1)16-10-13(11)3-5-14(6-4-13)17-8-9-18-14/h1-2,7H,3-6,8-10H2,(H,15,16). The van der Waals surface area contributed by atoms with Crippen LogP contribution in [-0.2, 0) is 14.9 Å². The lowest BCUT2D eigenvalue weighted by atomic mass is 9.69. The lowest BCUT2D eigenvalue weighted by Gasteiger charge is -2.41. The second kappa shape index (κ2) is 3.68. The van der Waals surface area contributed by atoms with Crippen LogP contribution in [0.15, 0.2) is 18.3 Å². The molecule has 1 aromatic rings. The van der Waals surface area contributed by atoms with Crippen molar-refractivity contribution in [1.82, 2.24) is 4.98 Å². The van der Waals surface area contributed by atoms with Crippen molar-refractivity contribution in [3.63, 3.8) is 0 Å². The first-order chi connectivity index (χ1) is 8.82. The van der Waals surface area contributed by atoms with Gasteiger partial charge in [0.1, 0.15) is 5.82 Å². The minimum absolute atomic E-state index is 0.254. The second-order valence-corrected chi connectivity index (χ2v) is 5.64. The van der Waals surface area contributed by atoms with Crippen LogP contribution in [0, 0.1) is 0 Å². The molecule has 96 valence electrons. The number of nitrogens with one attached hydrogen (secondary N) is 1. The van der Waals surface area contributed by atoms with E-state index in [2.05, 4.69) is 16.4 Å². The van der Waals surface area contributed by atoms with Crippen molar-refractivity contribution in [2.75, 3.05) is 25.1 Å². The predicted octanol–water partition coefficient (Wildman–Crippen LogP) is 2.06. The lowest BCUT2D eigenvalue weighted by molar-refractivity contribution is -0.184. The van der Waals surface area contributed by atoms with Gasteiger partial charge in [-0.15, -0.1) is 0 Å². The Morgan fingerprint density at radius 3 is 2.67 bits per heavy atom. The van der Waals surface area contributed by atoms with Crippen LogP contribution in [0.1, 0.15) is 31.2 Å². The summed E-state index contributed by atoms with van der Waals surface area (Å²) in [6.45, 7) is 2.52. The Kier molecular flexibility index (Phi) is 2.20. The van der Waals surface area contributed by atoms with Crippen LogP contribution in [0.3, 0.4) is 0 Å². The number of fused-ring (bicyclic) bond motifs is 2. The zero-order valence-electron chi connectivity index (χ0n) is 10.4. The van der Waals surface area contributed by atoms with Gasteiger partial charge in [-0.1, -0.05) is 6.07 Å². The maximum Gasteiger partial charge on any atom is 0.168 e. The van der Waals surface area contributed by atoms with Crippen molar-refractivity contribution in [3.05, 3.63) is 23.9 Å². The number of rotatable bonds is 0. The molecule has 4 rings (SSSR count). The third-order valence-electron chi connectivity index (χ3n) is 4.76. The molecule has 18 heavy (non-hydrogen) atoms. The molecular formula is C14H18N2O2. The van der Waals surface area contributed by atoms with Gasteiger partial charge in [0.15, 0.2) is 5.79 Å². The number of nitrogens with zero attached hydrogens (tertiary/aromatic N) is 1. The molecule has 2 spiro atoms. The Morgan fingerprint density at radius 1 is 1.11 bits per heavy atom. The fourth-order valence-corrected chi connectivity index (χ4v) is 3.66. The molecule has 0 unspecified atom stereocenters. The molecule has 4 heteroatoms. The highest BCUT2D eigenvalue weighted by atomic mass is 16.7. The average Bonchev–Trinajstić information content (AvgIpc) is 3.01. The molecule has 1 aliphatic carbocycles. The topological polar surface area (TPSA) is 43.4 Å². The van der Waals surface area contributed by atoms with Crippen molar-refractivity contribution in [2.45, 2.75) is 36.9 Å². The zero-order valence-corrected chi connectivity index (χ0v) is 10.4. The number of hydrogen-bond donors (Lipinski definition) is 1. The SMILES string of the molecule is c1cnc2c(c1)C1(CCC3(CC1)OCCO3)CN2. The normalized spacial score (nSPS) is 27.3. The van der Waals surface area contributed by atoms with E-state index in [9.17, 15) is 0 Å². The van der Waals surface area contributed by atoms with Crippen LogP contribution in [0.25, 0.3) is 0 Å². The van der Waals surface area contributed by atoms with Crippen LogP contribution in [0.2, 0.25) is 0 Å². The third kappa shape index (κ3) is 1.42. The quantitative estimate of drug-likeness (QED) is 0.761. The van der Waals surface area contributed by atoms with E-state index in [1.807, 2.05) is 12.3 Å². The van der Waals surface area contributed by atoms with Gasteiger partial charge in [0.25, 0.3) is 0 Å². The Balaban J connectivity index is 1.61. The van der Waals surface area contributed by atoms with Gasteiger partial charge in [0.05, 0.1) is 13.2 Å². The van der Waals surface area contributed by atoms with Crippen molar-refractivity contribution >= 4 is 5.82 Å². The molecule has 0 bridgehead atoms. The van der Waals surface area contributed by atoms with Gasteiger partial charge >= 0.3 is 0 Å². The Morgan fingerprint density at radius 2 is 1.89 bits per heavy atom. The molecule has 2 aliphatic heterocycles. The van der Waals surface area contributed by atoms with E-state index in [0.29, 0.717) is 0 Å². The fraction of sp³-hybridized carbons (Fsp3) is 0.643.